The van der Waals surface area contributed by atoms with Gasteiger partial charge in [0, 0.05) is 28.3 Å². The first-order valence-electron chi connectivity index (χ1n) is 6.05. The molecule has 1 heterocycles. The number of nitrogens with one attached hydrogen (secondary N) is 1. The van der Waals surface area contributed by atoms with Crippen molar-refractivity contribution in [2.45, 2.75) is 32.7 Å². The first kappa shape index (κ1) is 12.2. The maximum absolute atomic E-state index is 5.97. The quantitative estimate of drug-likeness (QED) is 0.862. The fourth-order valence-corrected chi connectivity index (χ4v) is 2.13. The summed E-state index contributed by atoms with van der Waals surface area (Å²) in [5, 5.41) is 5.41. The van der Waals surface area contributed by atoms with Gasteiger partial charge in [-0.05, 0) is 37.1 Å². The first-order chi connectivity index (χ1) is 8.24. The molecule has 17 heavy (non-hydrogen) atoms. The second kappa shape index (κ2) is 5.37. The van der Waals surface area contributed by atoms with E-state index in [0.717, 1.165) is 34.5 Å². The predicted molar refractivity (Wildman–Crippen MR) is 74.7 cm³/mol. The Hall–Kier alpha value is -1.28. The molecule has 0 saturated heterocycles. The molecule has 0 aliphatic rings. The standard InChI is InChI=1S/C14H17ClN2/c1-3-11(4-2)17-13-7-8-16-14-9-10(15)5-6-12(13)14/h5-9,11H,3-4H2,1-2H3,(H,16,17). The molecule has 0 atom stereocenters. The number of hydrogen-bond donors (Lipinski definition) is 1. The molecule has 2 rings (SSSR count). The largest absolute Gasteiger partial charge is 0.382 e. The zero-order chi connectivity index (χ0) is 12.3. The molecular formula is C14H17ClN2. The van der Waals surface area contributed by atoms with Gasteiger partial charge in [-0.25, -0.2) is 0 Å². The molecule has 0 unspecified atom stereocenters. The van der Waals surface area contributed by atoms with Crippen LogP contribution in [0.5, 0.6) is 0 Å². The molecule has 1 aromatic carbocycles. The second-order valence-corrected chi connectivity index (χ2v) is 4.61. The van der Waals surface area contributed by atoms with Gasteiger partial charge in [-0.2, -0.15) is 0 Å². The Kier molecular flexibility index (Phi) is 3.85. The zero-order valence-corrected chi connectivity index (χ0v) is 11.0. The summed E-state index contributed by atoms with van der Waals surface area (Å²) in [4.78, 5) is 4.34. The van der Waals surface area contributed by atoms with Gasteiger partial charge < -0.3 is 5.32 Å². The summed E-state index contributed by atoms with van der Waals surface area (Å²) in [6.45, 7) is 4.39. The topological polar surface area (TPSA) is 24.9 Å². The smallest absolute Gasteiger partial charge is 0.0737 e. The summed E-state index contributed by atoms with van der Waals surface area (Å²) in [7, 11) is 0. The first-order valence-corrected chi connectivity index (χ1v) is 6.43. The van der Waals surface area contributed by atoms with Crippen LogP contribution in [-0.4, -0.2) is 11.0 Å². The number of pyridine rings is 1. The maximum Gasteiger partial charge on any atom is 0.0737 e. The number of anilines is 1. The molecule has 0 spiro atoms. The van der Waals surface area contributed by atoms with E-state index in [9.17, 15) is 0 Å². The highest BCUT2D eigenvalue weighted by molar-refractivity contribution is 6.31. The third kappa shape index (κ3) is 2.70. The highest BCUT2D eigenvalue weighted by atomic mass is 35.5. The van der Waals surface area contributed by atoms with E-state index in [1.165, 1.54) is 0 Å². The van der Waals surface area contributed by atoms with E-state index in [1.54, 1.807) is 0 Å². The summed E-state index contributed by atoms with van der Waals surface area (Å²) in [5.41, 5.74) is 2.08. The van der Waals surface area contributed by atoms with Crippen molar-refractivity contribution < 1.29 is 0 Å². The maximum atomic E-state index is 5.97. The number of halogens is 1. The van der Waals surface area contributed by atoms with Gasteiger partial charge in [0.2, 0.25) is 0 Å². The molecule has 0 bridgehead atoms. The molecular weight excluding hydrogens is 232 g/mol. The van der Waals surface area contributed by atoms with Crippen molar-refractivity contribution in [2.75, 3.05) is 5.32 Å². The van der Waals surface area contributed by atoms with Crippen molar-refractivity contribution in [3.05, 3.63) is 35.5 Å². The summed E-state index contributed by atoms with van der Waals surface area (Å²) in [5.74, 6) is 0. The minimum atomic E-state index is 0.510. The molecule has 90 valence electrons. The third-order valence-electron chi connectivity index (χ3n) is 3.05. The van der Waals surface area contributed by atoms with Gasteiger partial charge in [-0.3, -0.25) is 4.98 Å². The minimum absolute atomic E-state index is 0.510. The highest BCUT2D eigenvalue weighted by Crippen LogP contribution is 2.25. The average molecular weight is 249 g/mol. The van der Waals surface area contributed by atoms with Gasteiger partial charge in [0.05, 0.1) is 5.52 Å². The van der Waals surface area contributed by atoms with E-state index in [-0.39, 0.29) is 0 Å². The molecule has 0 aliphatic heterocycles. The summed E-state index contributed by atoms with van der Waals surface area (Å²) in [6.07, 6.45) is 4.06. The van der Waals surface area contributed by atoms with Crippen molar-refractivity contribution in [1.82, 2.24) is 4.98 Å². The van der Waals surface area contributed by atoms with Crippen molar-refractivity contribution in [3.63, 3.8) is 0 Å². The van der Waals surface area contributed by atoms with Crippen LogP contribution in [0.4, 0.5) is 5.69 Å². The lowest BCUT2D eigenvalue weighted by atomic mass is 10.1. The van der Waals surface area contributed by atoms with E-state index in [2.05, 4.69) is 24.1 Å². The van der Waals surface area contributed by atoms with Crippen LogP contribution in [0.3, 0.4) is 0 Å². The Balaban J connectivity index is 2.40. The van der Waals surface area contributed by atoms with Crippen LogP contribution in [0.2, 0.25) is 5.02 Å². The molecule has 0 saturated carbocycles. The van der Waals surface area contributed by atoms with Crippen LogP contribution in [0.15, 0.2) is 30.5 Å². The van der Waals surface area contributed by atoms with Gasteiger partial charge >= 0.3 is 0 Å². The van der Waals surface area contributed by atoms with Gasteiger partial charge in [-0.1, -0.05) is 25.4 Å². The molecule has 0 radical (unpaired) electrons. The van der Waals surface area contributed by atoms with Crippen molar-refractivity contribution in [1.29, 1.82) is 0 Å². The van der Waals surface area contributed by atoms with E-state index in [0.29, 0.717) is 6.04 Å². The van der Waals surface area contributed by atoms with Crippen LogP contribution in [0.25, 0.3) is 10.9 Å². The molecule has 1 aromatic heterocycles. The van der Waals surface area contributed by atoms with E-state index >= 15 is 0 Å². The molecule has 1 N–H and O–H groups in total. The Morgan fingerprint density at radius 1 is 1.24 bits per heavy atom. The van der Waals surface area contributed by atoms with Crippen LogP contribution in [0, 0.1) is 0 Å². The lowest BCUT2D eigenvalue weighted by Gasteiger charge is -2.17. The minimum Gasteiger partial charge on any atom is -0.382 e. The lowest BCUT2D eigenvalue weighted by molar-refractivity contribution is 0.672. The van der Waals surface area contributed by atoms with E-state index in [4.69, 9.17) is 11.6 Å². The van der Waals surface area contributed by atoms with Gasteiger partial charge in [0.15, 0.2) is 0 Å². The number of hydrogen-bond acceptors (Lipinski definition) is 2. The number of nitrogens with zero attached hydrogens (tertiary/aromatic N) is 1. The summed E-state index contributed by atoms with van der Waals surface area (Å²) in [6, 6.07) is 8.36. The Morgan fingerprint density at radius 3 is 2.71 bits per heavy atom. The van der Waals surface area contributed by atoms with Crippen LogP contribution < -0.4 is 5.32 Å². The molecule has 0 fully saturated rings. The van der Waals surface area contributed by atoms with Gasteiger partial charge in [0.25, 0.3) is 0 Å². The Bertz CT molecular complexity index is 507. The number of benzene rings is 1. The number of fused-ring (bicyclic) bond motifs is 1. The third-order valence-corrected chi connectivity index (χ3v) is 3.29. The fourth-order valence-electron chi connectivity index (χ4n) is 1.96. The highest BCUT2D eigenvalue weighted by Gasteiger charge is 2.06. The molecule has 0 aliphatic carbocycles. The molecule has 2 aromatic rings. The van der Waals surface area contributed by atoms with Crippen LogP contribution in [0.1, 0.15) is 26.7 Å². The van der Waals surface area contributed by atoms with Crippen LogP contribution in [-0.2, 0) is 0 Å². The van der Waals surface area contributed by atoms with Crippen molar-refractivity contribution in [3.8, 4) is 0 Å². The van der Waals surface area contributed by atoms with E-state index < -0.39 is 0 Å². The average Bonchev–Trinajstić information content (AvgIpc) is 2.35. The number of aromatic nitrogens is 1. The molecule has 0 amide bonds. The lowest BCUT2D eigenvalue weighted by Crippen LogP contribution is -2.17. The molecule has 2 nitrogen and oxygen atoms in total. The Morgan fingerprint density at radius 2 is 2.00 bits per heavy atom. The fraction of sp³-hybridized carbons (Fsp3) is 0.357. The summed E-state index contributed by atoms with van der Waals surface area (Å²) >= 11 is 5.97. The van der Waals surface area contributed by atoms with Gasteiger partial charge in [-0.15, -0.1) is 0 Å². The van der Waals surface area contributed by atoms with Crippen LogP contribution >= 0.6 is 11.6 Å². The normalized spacial score (nSPS) is 11.1. The van der Waals surface area contributed by atoms with Crippen molar-refractivity contribution >= 4 is 28.2 Å². The zero-order valence-electron chi connectivity index (χ0n) is 10.2. The monoisotopic (exact) mass is 248 g/mol. The SMILES string of the molecule is CCC(CC)Nc1ccnc2cc(Cl)ccc12. The van der Waals surface area contributed by atoms with Crippen molar-refractivity contribution in [2.24, 2.45) is 0 Å². The predicted octanol–water partition coefficient (Wildman–Crippen LogP) is 4.49. The van der Waals surface area contributed by atoms with E-state index in [1.807, 2.05) is 30.5 Å². The molecule has 3 heteroatoms. The Labute approximate surface area is 107 Å². The number of rotatable bonds is 4. The van der Waals surface area contributed by atoms with Gasteiger partial charge in [0.1, 0.15) is 0 Å². The second-order valence-electron chi connectivity index (χ2n) is 4.18. The summed E-state index contributed by atoms with van der Waals surface area (Å²) < 4.78 is 0.